The van der Waals surface area contributed by atoms with Gasteiger partial charge in [0.2, 0.25) is 0 Å². The number of carbonyl (C=O) groups is 2. The van der Waals surface area contributed by atoms with Crippen molar-refractivity contribution in [2.45, 2.75) is 31.1 Å². The molecule has 4 heteroatoms. The smallest absolute Gasteiger partial charge is 0.334 e. The Bertz CT molecular complexity index is 214. The molecule has 0 spiro atoms. The van der Waals surface area contributed by atoms with Gasteiger partial charge in [0.15, 0.2) is 10.7 Å². The number of halogens is 1. The first-order chi connectivity index (χ1) is 5.61. The van der Waals surface area contributed by atoms with Crippen LogP contribution in [-0.2, 0) is 14.3 Å². The van der Waals surface area contributed by atoms with E-state index in [4.69, 9.17) is 16.3 Å². The van der Waals surface area contributed by atoms with Crippen LogP contribution in [0.1, 0.15) is 26.2 Å². The summed E-state index contributed by atoms with van der Waals surface area (Å²) < 4.78 is 4.71. The van der Waals surface area contributed by atoms with Gasteiger partial charge < -0.3 is 4.74 Å². The fourth-order valence-electron chi connectivity index (χ4n) is 1.29. The number of carbonyl (C=O) groups excluding carboxylic acids is 2. The topological polar surface area (TPSA) is 43.4 Å². The molecule has 1 aliphatic carbocycles. The third-order valence-electron chi connectivity index (χ3n) is 1.97. The molecular weight excluding hydrogens is 180 g/mol. The van der Waals surface area contributed by atoms with Crippen LogP contribution in [0.15, 0.2) is 0 Å². The van der Waals surface area contributed by atoms with Gasteiger partial charge in [0.1, 0.15) is 0 Å². The van der Waals surface area contributed by atoms with Crippen LogP contribution in [0.25, 0.3) is 0 Å². The zero-order valence-corrected chi connectivity index (χ0v) is 7.69. The lowest BCUT2D eigenvalue weighted by Crippen LogP contribution is -2.38. The minimum atomic E-state index is -1.37. The molecule has 0 N–H and O–H groups in total. The maximum Gasteiger partial charge on any atom is 0.334 e. The average Bonchev–Trinajstić information content (AvgIpc) is 2.34. The Hall–Kier alpha value is -0.570. The number of ether oxygens (including phenoxy) is 1. The summed E-state index contributed by atoms with van der Waals surface area (Å²) in [6.45, 7) is 1.96. The van der Waals surface area contributed by atoms with E-state index < -0.39 is 10.8 Å². The molecule has 1 fully saturated rings. The molecule has 68 valence electrons. The van der Waals surface area contributed by atoms with Crippen molar-refractivity contribution in [3.05, 3.63) is 0 Å². The Kier molecular flexibility index (Phi) is 2.73. The third kappa shape index (κ3) is 1.46. The van der Waals surface area contributed by atoms with Gasteiger partial charge in [-0.25, -0.2) is 4.79 Å². The normalized spacial score (nSPS) is 29.0. The minimum absolute atomic E-state index is 0.206. The Balaban J connectivity index is 2.70. The Labute approximate surface area is 76.0 Å². The third-order valence-corrected chi connectivity index (χ3v) is 2.52. The molecular formula is C8H11ClO3. The van der Waals surface area contributed by atoms with Crippen molar-refractivity contribution >= 4 is 23.4 Å². The molecule has 0 aromatic rings. The number of alkyl halides is 1. The van der Waals surface area contributed by atoms with E-state index in [1.807, 2.05) is 0 Å². The van der Waals surface area contributed by atoms with E-state index in [-0.39, 0.29) is 12.4 Å². The summed E-state index contributed by atoms with van der Waals surface area (Å²) in [5, 5.41) is 0. The van der Waals surface area contributed by atoms with Crippen LogP contribution in [0.4, 0.5) is 0 Å². The summed E-state index contributed by atoms with van der Waals surface area (Å²) in [4.78, 5) is 21.0. The zero-order valence-electron chi connectivity index (χ0n) is 6.93. The molecule has 1 rings (SSSR count). The predicted octanol–water partition coefficient (Wildman–Crippen LogP) is 1.28. The molecule has 1 saturated carbocycles. The molecule has 3 nitrogen and oxygen atoms in total. The van der Waals surface area contributed by atoms with E-state index in [0.717, 1.165) is 0 Å². The summed E-state index contributed by atoms with van der Waals surface area (Å²) in [6.07, 6.45) is 1.48. The fraction of sp³-hybridized carbons (Fsp3) is 0.750. The van der Waals surface area contributed by atoms with Gasteiger partial charge in [0, 0.05) is 6.42 Å². The lowest BCUT2D eigenvalue weighted by molar-refractivity contribution is -0.148. The van der Waals surface area contributed by atoms with Crippen molar-refractivity contribution in [1.82, 2.24) is 0 Å². The lowest BCUT2D eigenvalue weighted by Gasteiger charge is -2.16. The predicted molar refractivity (Wildman–Crippen MR) is 44.1 cm³/mol. The van der Waals surface area contributed by atoms with Crippen LogP contribution in [0.5, 0.6) is 0 Å². The molecule has 1 atom stereocenters. The SMILES string of the molecule is CCOC(=O)[C@]1(Cl)CCCC1=O. The number of hydrogen-bond donors (Lipinski definition) is 0. The van der Waals surface area contributed by atoms with Crippen LogP contribution in [0.2, 0.25) is 0 Å². The van der Waals surface area contributed by atoms with Gasteiger partial charge in [-0.15, -0.1) is 0 Å². The van der Waals surface area contributed by atoms with Gasteiger partial charge in [0.05, 0.1) is 6.61 Å². The Morgan fingerprint density at radius 3 is 2.83 bits per heavy atom. The largest absolute Gasteiger partial charge is 0.464 e. The second-order valence-electron chi connectivity index (χ2n) is 2.80. The Morgan fingerprint density at radius 2 is 2.42 bits per heavy atom. The second kappa shape index (κ2) is 3.44. The average molecular weight is 191 g/mol. The minimum Gasteiger partial charge on any atom is -0.464 e. The van der Waals surface area contributed by atoms with Gasteiger partial charge in [0.25, 0.3) is 0 Å². The highest BCUT2D eigenvalue weighted by Crippen LogP contribution is 2.33. The summed E-state index contributed by atoms with van der Waals surface area (Å²) in [7, 11) is 0. The van der Waals surface area contributed by atoms with Crippen LogP contribution >= 0.6 is 11.6 Å². The fourth-order valence-corrected chi connectivity index (χ4v) is 1.57. The highest BCUT2D eigenvalue weighted by molar-refractivity contribution is 6.46. The molecule has 0 aromatic heterocycles. The molecule has 0 aliphatic heterocycles. The Morgan fingerprint density at radius 1 is 1.75 bits per heavy atom. The first kappa shape index (κ1) is 9.52. The monoisotopic (exact) mass is 190 g/mol. The van der Waals surface area contributed by atoms with Crippen LogP contribution in [-0.4, -0.2) is 23.2 Å². The molecule has 12 heavy (non-hydrogen) atoms. The van der Waals surface area contributed by atoms with Gasteiger partial charge in [-0.05, 0) is 19.8 Å². The highest BCUT2D eigenvalue weighted by Gasteiger charge is 2.48. The van der Waals surface area contributed by atoms with Crippen LogP contribution < -0.4 is 0 Å². The van der Waals surface area contributed by atoms with E-state index in [1.54, 1.807) is 6.92 Å². The number of rotatable bonds is 2. The molecule has 0 aromatic carbocycles. The van der Waals surface area contributed by atoms with E-state index in [0.29, 0.717) is 19.3 Å². The second-order valence-corrected chi connectivity index (χ2v) is 3.44. The molecule has 0 heterocycles. The molecule has 0 saturated heterocycles. The van der Waals surface area contributed by atoms with E-state index in [9.17, 15) is 9.59 Å². The molecule has 0 unspecified atom stereocenters. The zero-order chi connectivity index (χ0) is 9.19. The van der Waals surface area contributed by atoms with Crippen molar-refractivity contribution in [1.29, 1.82) is 0 Å². The standard InChI is InChI=1S/C8H11ClO3/c1-2-12-7(11)8(9)5-3-4-6(8)10/h2-5H2,1H3/t8-/m0/s1. The van der Waals surface area contributed by atoms with Crippen molar-refractivity contribution in [3.63, 3.8) is 0 Å². The lowest BCUT2D eigenvalue weighted by atomic mass is 10.1. The van der Waals surface area contributed by atoms with Gasteiger partial charge in [-0.2, -0.15) is 0 Å². The number of hydrogen-bond acceptors (Lipinski definition) is 3. The summed E-state index contributed by atoms with van der Waals surface area (Å²) in [5.74, 6) is -0.795. The van der Waals surface area contributed by atoms with Crippen molar-refractivity contribution < 1.29 is 14.3 Å². The molecule has 1 aliphatic rings. The van der Waals surface area contributed by atoms with E-state index in [2.05, 4.69) is 0 Å². The molecule has 0 bridgehead atoms. The number of esters is 1. The number of ketones is 1. The maximum absolute atomic E-state index is 11.2. The molecule has 0 amide bonds. The van der Waals surface area contributed by atoms with Crippen LogP contribution in [0, 0.1) is 0 Å². The summed E-state index contributed by atoms with van der Waals surface area (Å²) >= 11 is 5.83. The van der Waals surface area contributed by atoms with E-state index in [1.165, 1.54) is 0 Å². The first-order valence-corrected chi connectivity index (χ1v) is 4.38. The molecule has 0 radical (unpaired) electrons. The number of Topliss-reactive ketones (excluding diaryl/α,β-unsaturated/α-hetero) is 1. The van der Waals surface area contributed by atoms with Crippen molar-refractivity contribution in [2.24, 2.45) is 0 Å². The van der Waals surface area contributed by atoms with Gasteiger partial charge >= 0.3 is 5.97 Å². The van der Waals surface area contributed by atoms with Crippen LogP contribution in [0.3, 0.4) is 0 Å². The summed E-state index contributed by atoms with van der Waals surface area (Å²) in [6, 6.07) is 0. The maximum atomic E-state index is 11.2. The van der Waals surface area contributed by atoms with Gasteiger partial charge in [-0.1, -0.05) is 11.6 Å². The first-order valence-electron chi connectivity index (χ1n) is 4.00. The quantitative estimate of drug-likeness (QED) is 0.374. The van der Waals surface area contributed by atoms with Crippen molar-refractivity contribution in [2.75, 3.05) is 6.61 Å². The van der Waals surface area contributed by atoms with Crippen molar-refractivity contribution in [3.8, 4) is 0 Å². The van der Waals surface area contributed by atoms with Gasteiger partial charge in [-0.3, -0.25) is 4.79 Å². The van der Waals surface area contributed by atoms with E-state index >= 15 is 0 Å². The highest BCUT2D eigenvalue weighted by atomic mass is 35.5. The summed E-state index contributed by atoms with van der Waals surface area (Å²) in [5.41, 5.74) is 0.